The van der Waals surface area contributed by atoms with E-state index in [9.17, 15) is 14.0 Å². The van der Waals surface area contributed by atoms with Gasteiger partial charge in [-0.25, -0.2) is 13.8 Å². The van der Waals surface area contributed by atoms with Crippen molar-refractivity contribution in [2.75, 3.05) is 0 Å². The van der Waals surface area contributed by atoms with Crippen molar-refractivity contribution in [2.24, 2.45) is 0 Å². The van der Waals surface area contributed by atoms with Gasteiger partial charge in [-0.3, -0.25) is 5.10 Å². The Morgan fingerprint density at radius 3 is 2.42 bits per heavy atom. The fraction of sp³-hybridized carbons (Fsp3) is 0.174. The Labute approximate surface area is 186 Å². The van der Waals surface area contributed by atoms with E-state index in [2.05, 4.69) is 21.3 Å². The lowest BCUT2D eigenvalue weighted by atomic mass is 9.73. The molecule has 2 aromatic carbocycles. The Bertz CT molecular complexity index is 1350. The van der Waals surface area contributed by atoms with E-state index < -0.39 is 11.8 Å². The van der Waals surface area contributed by atoms with Gasteiger partial charge in [0.15, 0.2) is 5.65 Å². The highest BCUT2D eigenvalue weighted by Gasteiger charge is 2.48. The van der Waals surface area contributed by atoms with Crippen LogP contribution in [0.3, 0.4) is 0 Å². The lowest BCUT2D eigenvalue weighted by Gasteiger charge is -2.36. The van der Waals surface area contributed by atoms with Gasteiger partial charge in [-0.15, -0.1) is 0 Å². The summed E-state index contributed by atoms with van der Waals surface area (Å²) < 4.78 is 27.7. The predicted octanol–water partition coefficient (Wildman–Crippen LogP) is 6.98. The van der Waals surface area contributed by atoms with Gasteiger partial charge in [0.05, 0.1) is 22.3 Å². The summed E-state index contributed by atoms with van der Waals surface area (Å²) in [4.78, 5) is 4.62. The van der Waals surface area contributed by atoms with Gasteiger partial charge in [-0.2, -0.15) is 10.4 Å². The third kappa shape index (κ3) is 3.44. The van der Waals surface area contributed by atoms with Gasteiger partial charge < -0.3 is 0 Å². The number of halogens is 4. The Balaban J connectivity index is 1.81. The number of alkyl halides is 2. The molecule has 0 atom stereocenters. The van der Waals surface area contributed by atoms with Crippen molar-refractivity contribution in [1.29, 1.82) is 5.26 Å². The molecular formula is C23H14Cl2F2N4. The zero-order chi connectivity index (χ0) is 21.8. The van der Waals surface area contributed by atoms with E-state index in [1.165, 1.54) is 0 Å². The summed E-state index contributed by atoms with van der Waals surface area (Å²) in [5, 5.41) is 19.0. The van der Waals surface area contributed by atoms with Gasteiger partial charge in [0.25, 0.3) is 0 Å². The Morgan fingerprint density at radius 2 is 1.77 bits per heavy atom. The monoisotopic (exact) mass is 454 g/mol. The molecule has 1 aliphatic rings. The molecule has 0 radical (unpaired) electrons. The maximum Gasteiger partial charge on any atom is 0.249 e. The Morgan fingerprint density at radius 1 is 1.03 bits per heavy atom. The van der Waals surface area contributed by atoms with Crippen LogP contribution in [-0.4, -0.2) is 21.1 Å². The van der Waals surface area contributed by atoms with Gasteiger partial charge in [0.1, 0.15) is 6.07 Å². The fourth-order valence-electron chi connectivity index (χ4n) is 4.14. The second-order valence-electron chi connectivity index (χ2n) is 7.64. The number of hydrogen-bond donors (Lipinski definition) is 1. The fourth-order valence-corrected chi connectivity index (χ4v) is 4.46. The van der Waals surface area contributed by atoms with Crippen molar-refractivity contribution in [3.63, 3.8) is 0 Å². The second kappa shape index (κ2) is 7.30. The molecule has 1 aliphatic carbocycles. The number of nitriles is 1. The predicted molar refractivity (Wildman–Crippen MR) is 116 cm³/mol. The third-order valence-electron chi connectivity index (χ3n) is 5.58. The average molecular weight is 455 g/mol. The van der Waals surface area contributed by atoms with Crippen molar-refractivity contribution in [3.05, 3.63) is 69.7 Å². The summed E-state index contributed by atoms with van der Waals surface area (Å²) in [6.45, 7) is 0. The molecule has 1 saturated carbocycles. The standard InChI is InChI=1S/C23H14Cl2F2N4/c24-15-6-4-12(5-7-15)20-17(11-28)18(14-9-23(26,27)10-14)19-21(30-31-22(19)29-20)13-2-1-3-16(25)8-13/h1-8,14H,9-10H2,(H,29,30,31). The highest BCUT2D eigenvalue weighted by atomic mass is 35.5. The topological polar surface area (TPSA) is 65.4 Å². The molecule has 8 heteroatoms. The molecule has 2 aromatic heterocycles. The molecular weight excluding hydrogens is 441 g/mol. The largest absolute Gasteiger partial charge is 0.275 e. The number of nitrogens with zero attached hydrogens (tertiary/aromatic N) is 3. The van der Waals surface area contributed by atoms with Crippen LogP contribution in [0.1, 0.15) is 29.9 Å². The van der Waals surface area contributed by atoms with Crippen LogP contribution in [0.15, 0.2) is 48.5 Å². The SMILES string of the molecule is N#Cc1c(-c2ccc(Cl)cc2)nc2n[nH]c(-c3cccc(Cl)c3)c2c1C1CC(F)(F)C1. The van der Waals surface area contributed by atoms with Crippen LogP contribution in [0.25, 0.3) is 33.5 Å². The van der Waals surface area contributed by atoms with Crippen molar-refractivity contribution in [3.8, 4) is 28.6 Å². The van der Waals surface area contributed by atoms with Crippen LogP contribution in [-0.2, 0) is 0 Å². The minimum Gasteiger partial charge on any atom is -0.275 e. The van der Waals surface area contributed by atoms with Gasteiger partial charge >= 0.3 is 0 Å². The normalized spacial score (nSPS) is 15.6. The number of benzene rings is 2. The van der Waals surface area contributed by atoms with E-state index in [1.807, 2.05) is 6.07 Å². The molecule has 1 fully saturated rings. The van der Waals surface area contributed by atoms with Crippen LogP contribution in [0, 0.1) is 11.3 Å². The van der Waals surface area contributed by atoms with Crippen molar-refractivity contribution in [1.82, 2.24) is 15.2 Å². The molecule has 4 nitrogen and oxygen atoms in total. The summed E-state index contributed by atoms with van der Waals surface area (Å²) in [5.74, 6) is -3.22. The number of aromatic nitrogens is 3. The van der Waals surface area contributed by atoms with Crippen LogP contribution in [0.2, 0.25) is 10.0 Å². The first kappa shape index (κ1) is 19.9. The minimum absolute atomic E-state index is 0.278. The average Bonchev–Trinajstić information content (AvgIpc) is 3.15. The van der Waals surface area contributed by atoms with Crippen molar-refractivity contribution in [2.45, 2.75) is 24.7 Å². The molecule has 4 aromatic rings. The molecule has 154 valence electrons. The van der Waals surface area contributed by atoms with Gasteiger partial charge in [0.2, 0.25) is 5.92 Å². The quantitative estimate of drug-likeness (QED) is 0.362. The highest BCUT2D eigenvalue weighted by Crippen LogP contribution is 2.52. The maximum absolute atomic E-state index is 13.8. The summed E-state index contributed by atoms with van der Waals surface area (Å²) in [5.41, 5.74) is 3.61. The molecule has 0 amide bonds. The molecule has 0 unspecified atom stereocenters. The van der Waals surface area contributed by atoms with Gasteiger partial charge in [-0.1, -0.05) is 47.5 Å². The summed E-state index contributed by atoms with van der Waals surface area (Å²) in [6, 6.07) is 16.3. The Kier molecular flexibility index (Phi) is 4.69. The second-order valence-corrected chi connectivity index (χ2v) is 8.51. The molecule has 0 spiro atoms. The zero-order valence-electron chi connectivity index (χ0n) is 16.0. The number of fused-ring (bicyclic) bond motifs is 1. The first-order valence-electron chi connectivity index (χ1n) is 9.58. The summed E-state index contributed by atoms with van der Waals surface area (Å²) >= 11 is 12.2. The lowest BCUT2D eigenvalue weighted by molar-refractivity contribution is -0.0864. The van der Waals surface area contributed by atoms with Crippen LogP contribution in [0.5, 0.6) is 0 Å². The number of H-pyrrole nitrogens is 1. The Hall–Kier alpha value is -3.01. The zero-order valence-corrected chi connectivity index (χ0v) is 17.5. The molecule has 1 N–H and O–H groups in total. The summed E-state index contributed by atoms with van der Waals surface area (Å²) in [7, 11) is 0. The van der Waals surface area contributed by atoms with Gasteiger partial charge in [0, 0.05) is 34.0 Å². The van der Waals surface area contributed by atoms with Crippen LogP contribution < -0.4 is 0 Å². The van der Waals surface area contributed by atoms with E-state index in [1.54, 1.807) is 42.5 Å². The molecule has 5 rings (SSSR count). The van der Waals surface area contributed by atoms with E-state index in [0.717, 1.165) is 5.56 Å². The minimum atomic E-state index is -2.74. The molecule has 31 heavy (non-hydrogen) atoms. The highest BCUT2D eigenvalue weighted by molar-refractivity contribution is 6.31. The lowest BCUT2D eigenvalue weighted by Crippen LogP contribution is -2.34. The molecule has 0 bridgehead atoms. The van der Waals surface area contributed by atoms with E-state index in [0.29, 0.717) is 43.6 Å². The smallest absolute Gasteiger partial charge is 0.249 e. The number of hydrogen-bond acceptors (Lipinski definition) is 3. The molecule has 2 heterocycles. The van der Waals surface area contributed by atoms with Crippen molar-refractivity contribution >= 4 is 34.2 Å². The summed E-state index contributed by atoms with van der Waals surface area (Å²) in [6.07, 6.45) is -0.637. The van der Waals surface area contributed by atoms with Gasteiger partial charge in [-0.05, 0) is 35.7 Å². The van der Waals surface area contributed by atoms with Crippen LogP contribution >= 0.6 is 23.2 Å². The van der Waals surface area contributed by atoms with E-state index in [-0.39, 0.29) is 18.4 Å². The molecule has 0 aliphatic heterocycles. The third-order valence-corrected chi connectivity index (χ3v) is 6.07. The van der Waals surface area contributed by atoms with E-state index >= 15 is 0 Å². The van der Waals surface area contributed by atoms with Crippen LogP contribution in [0.4, 0.5) is 8.78 Å². The number of nitrogens with one attached hydrogen (secondary N) is 1. The first-order valence-corrected chi connectivity index (χ1v) is 10.3. The number of pyridine rings is 1. The van der Waals surface area contributed by atoms with E-state index in [4.69, 9.17) is 23.2 Å². The first-order chi connectivity index (χ1) is 14.9. The number of aromatic amines is 1. The molecule has 0 saturated heterocycles. The maximum atomic E-state index is 13.8. The number of rotatable bonds is 3. The van der Waals surface area contributed by atoms with Crippen molar-refractivity contribution < 1.29 is 8.78 Å².